The number of amides is 1. The molecule has 0 bridgehead atoms. The van der Waals surface area contributed by atoms with E-state index in [9.17, 15) is 4.79 Å². The predicted octanol–water partition coefficient (Wildman–Crippen LogP) is 3.59. The van der Waals surface area contributed by atoms with Gasteiger partial charge in [0.05, 0.1) is 6.04 Å². The molecule has 0 saturated carbocycles. The van der Waals surface area contributed by atoms with Crippen LogP contribution < -0.4 is 5.32 Å². The summed E-state index contributed by atoms with van der Waals surface area (Å²) in [5.74, 6) is -0.110. The van der Waals surface area contributed by atoms with Crippen LogP contribution in [-0.2, 0) is 0 Å². The van der Waals surface area contributed by atoms with Gasteiger partial charge in [0, 0.05) is 49.0 Å². The second-order valence-electron chi connectivity index (χ2n) is 7.09. The van der Waals surface area contributed by atoms with Crippen LogP contribution in [0.5, 0.6) is 0 Å². The first-order chi connectivity index (χ1) is 13.7. The fraction of sp³-hybridized carbons (Fsp3) is 0.333. The number of thiazole rings is 1. The quantitative estimate of drug-likeness (QED) is 0.672. The Hall–Kier alpha value is -2.06. The first kappa shape index (κ1) is 19.3. The van der Waals surface area contributed by atoms with Crippen molar-refractivity contribution in [2.75, 3.05) is 39.8 Å². The Morgan fingerprint density at radius 1 is 1.14 bits per heavy atom. The van der Waals surface area contributed by atoms with E-state index in [-0.39, 0.29) is 11.9 Å². The lowest BCUT2D eigenvalue weighted by Gasteiger charge is -2.35. The number of piperazine rings is 1. The number of aromatic nitrogens is 1. The van der Waals surface area contributed by atoms with Crippen LogP contribution in [-0.4, -0.2) is 60.5 Å². The molecule has 0 radical (unpaired) electrons. The average Bonchev–Trinajstić information content (AvgIpc) is 3.41. The predicted molar refractivity (Wildman–Crippen MR) is 116 cm³/mol. The summed E-state index contributed by atoms with van der Waals surface area (Å²) in [6.45, 7) is 4.98. The van der Waals surface area contributed by atoms with E-state index in [0.717, 1.165) is 48.9 Å². The number of rotatable bonds is 6. The highest BCUT2D eigenvalue weighted by Crippen LogP contribution is 2.26. The van der Waals surface area contributed by atoms with Crippen LogP contribution in [0.15, 0.2) is 52.5 Å². The molecular weight excluding hydrogens is 388 g/mol. The van der Waals surface area contributed by atoms with E-state index < -0.39 is 0 Å². The molecule has 1 aromatic carbocycles. The summed E-state index contributed by atoms with van der Waals surface area (Å²) in [7, 11) is 2.15. The average molecular weight is 413 g/mol. The molecule has 7 heteroatoms. The number of carbonyl (C=O) groups is 1. The highest BCUT2D eigenvalue weighted by Gasteiger charge is 2.22. The van der Waals surface area contributed by atoms with Crippen LogP contribution in [0.4, 0.5) is 0 Å². The summed E-state index contributed by atoms with van der Waals surface area (Å²) in [4.78, 5) is 22.2. The second kappa shape index (κ2) is 8.96. The standard InChI is InChI=1S/C21H24N4OS2/c1-24-8-10-25(11-9-24)13-18(16-5-3-2-4-6-16)22-20(26)19-15-28-21(23-19)17-7-12-27-14-17/h2-7,12,14-15,18H,8-11,13H2,1H3,(H,22,26). The summed E-state index contributed by atoms with van der Waals surface area (Å²) in [6, 6.07) is 12.2. The van der Waals surface area contributed by atoms with Gasteiger partial charge in [0.1, 0.15) is 10.7 Å². The fourth-order valence-corrected chi connectivity index (χ4v) is 4.85. The SMILES string of the molecule is CN1CCN(CC(NC(=O)c2csc(-c3ccsc3)n2)c2ccccc2)CC1. The van der Waals surface area contributed by atoms with Crippen molar-refractivity contribution in [1.29, 1.82) is 0 Å². The minimum atomic E-state index is -0.110. The Balaban J connectivity index is 1.48. The number of thiophene rings is 1. The lowest BCUT2D eigenvalue weighted by Crippen LogP contribution is -2.47. The van der Waals surface area contributed by atoms with Crippen molar-refractivity contribution in [2.45, 2.75) is 6.04 Å². The third-order valence-corrected chi connectivity index (χ3v) is 6.62. The van der Waals surface area contributed by atoms with Gasteiger partial charge in [-0.15, -0.1) is 11.3 Å². The van der Waals surface area contributed by atoms with Crippen LogP contribution in [0.3, 0.4) is 0 Å². The third kappa shape index (κ3) is 4.67. The molecule has 1 unspecified atom stereocenters. The van der Waals surface area contributed by atoms with Crippen molar-refractivity contribution in [2.24, 2.45) is 0 Å². The highest BCUT2D eigenvalue weighted by molar-refractivity contribution is 7.14. The lowest BCUT2D eigenvalue weighted by molar-refractivity contribution is 0.0903. The van der Waals surface area contributed by atoms with Crippen molar-refractivity contribution >= 4 is 28.6 Å². The molecule has 4 rings (SSSR count). The molecule has 1 atom stereocenters. The molecule has 0 spiro atoms. The van der Waals surface area contributed by atoms with Gasteiger partial charge in [-0.25, -0.2) is 4.98 Å². The van der Waals surface area contributed by atoms with Gasteiger partial charge in [0.25, 0.3) is 5.91 Å². The molecule has 5 nitrogen and oxygen atoms in total. The first-order valence-corrected chi connectivity index (χ1v) is 11.3. The molecule has 28 heavy (non-hydrogen) atoms. The van der Waals surface area contributed by atoms with E-state index in [1.807, 2.05) is 35.0 Å². The van der Waals surface area contributed by atoms with Crippen LogP contribution in [0, 0.1) is 0 Å². The van der Waals surface area contributed by atoms with Gasteiger partial charge >= 0.3 is 0 Å². The van der Waals surface area contributed by atoms with Crippen LogP contribution in [0.1, 0.15) is 22.1 Å². The first-order valence-electron chi connectivity index (χ1n) is 9.44. The van der Waals surface area contributed by atoms with Crippen LogP contribution >= 0.6 is 22.7 Å². The number of hydrogen-bond donors (Lipinski definition) is 1. The molecule has 1 aliphatic rings. The van der Waals surface area contributed by atoms with Crippen molar-refractivity contribution in [3.63, 3.8) is 0 Å². The second-order valence-corrected chi connectivity index (χ2v) is 8.73. The van der Waals surface area contributed by atoms with Gasteiger partial charge in [0.15, 0.2) is 0 Å². The lowest BCUT2D eigenvalue weighted by atomic mass is 10.1. The summed E-state index contributed by atoms with van der Waals surface area (Å²) in [5.41, 5.74) is 2.69. The van der Waals surface area contributed by atoms with E-state index in [0.29, 0.717) is 5.69 Å². The van der Waals surface area contributed by atoms with Gasteiger partial charge in [0.2, 0.25) is 0 Å². The Bertz CT molecular complexity index is 886. The minimum Gasteiger partial charge on any atom is -0.343 e. The van der Waals surface area contributed by atoms with Gasteiger partial charge in [-0.1, -0.05) is 30.3 Å². The Kier molecular flexibility index (Phi) is 6.17. The fourth-order valence-electron chi connectivity index (χ4n) is 3.34. The zero-order valence-corrected chi connectivity index (χ0v) is 17.5. The molecule has 0 aliphatic carbocycles. The van der Waals surface area contributed by atoms with Crippen LogP contribution in [0.2, 0.25) is 0 Å². The van der Waals surface area contributed by atoms with Gasteiger partial charge < -0.3 is 10.2 Å². The molecule has 2 aromatic heterocycles. The molecule has 1 amide bonds. The van der Waals surface area contributed by atoms with E-state index >= 15 is 0 Å². The number of carbonyl (C=O) groups excluding carboxylic acids is 1. The molecule has 1 N–H and O–H groups in total. The van der Waals surface area contributed by atoms with Crippen molar-refractivity contribution in [3.8, 4) is 10.6 Å². The molecule has 1 aliphatic heterocycles. The molecular formula is C21H24N4OS2. The zero-order chi connectivity index (χ0) is 19.3. The molecule has 1 saturated heterocycles. The molecule has 3 heterocycles. The normalized spacial score (nSPS) is 16.8. The van der Waals surface area contributed by atoms with Crippen molar-refractivity contribution in [1.82, 2.24) is 20.1 Å². The van der Waals surface area contributed by atoms with E-state index in [4.69, 9.17) is 0 Å². The maximum atomic E-state index is 12.9. The van der Waals surface area contributed by atoms with E-state index in [1.165, 1.54) is 11.3 Å². The van der Waals surface area contributed by atoms with Crippen molar-refractivity contribution in [3.05, 3.63) is 63.8 Å². The molecule has 146 valence electrons. The number of nitrogens with one attached hydrogen (secondary N) is 1. The monoisotopic (exact) mass is 412 g/mol. The van der Waals surface area contributed by atoms with E-state index in [2.05, 4.69) is 44.7 Å². The molecule has 3 aromatic rings. The number of benzene rings is 1. The van der Waals surface area contributed by atoms with Gasteiger partial charge in [-0.2, -0.15) is 11.3 Å². The molecule has 1 fully saturated rings. The minimum absolute atomic E-state index is 0.0524. The third-order valence-electron chi connectivity index (χ3n) is 5.05. The maximum Gasteiger partial charge on any atom is 0.271 e. The number of hydrogen-bond acceptors (Lipinski definition) is 6. The van der Waals surface area contributed by atoms with Crippen LogP contribution in [0.25, 0.3) is 10.6 Å². The zero-order valence-electron chi connectivity index (χ0n) is 15.9. The summed E-state index contributed by atoms with van der Waals surface area (Å²) in [5, 5.41) is 10.0. The Morgan fingerprint density at radius 2 is 1.93 bits per heavy atom. The highest BCUT2D eigenvalue weighted by atomic mass is 32.1. The largest absolute Gasteiger partial charge is 0.343 e. The van der Waals surface area contributed by atoms with Gasteiger partial charge in [-0.3, -0.25) is 9.69 Å². The summed E-state index contributed by atoms with van der Waals surface area (Å²) >= 11 is 3.15. The summed E-state index contributed by atoms with van der Waals surface area (Å²) < 4.78 is 0. The number of likely N-dealkylation sites (N-methyl/N-ethyl adjacent to an activating group) is 1. The van der Waals surface area contributed by atoms with E-state index in [1.54, 1.807) is 11.3 Å². The van der Waals surface area contributed by atoms with Crippen molar-refractivity contribution < 1.29 is 4.79 Å². The maximum absolute atomic E-state index is 12.9. The topological polar surface area (TPSA) is 48.5 Å². The smallest absolute Gasteiger partial charge is 0.271 e. The van der Waals surface area contributed by atoms with Gasteiger partial charge in [-0.05, 0) is 24.1 Å². The Labute approximate surface area is 173 Å². The Morgan fingerprint density at radius 3 is 2.64 bits per heavy atom. The number of nitrogens with zero attached hydrogens (tertiary/aromatic N) is 3. The summed E-state index contributed by atoms with van der Waals surface area (Å²) in [6.07, 6.45) is 0.